The van der Waals surface area contributed by atoms with Gasteiger partial charge in [0.2, 0.25) is 0 Å². The predicted molar refractivity (Wildman–Crippen MR) is 95.7 cm³/mol. The molecule has 0 N–H and O–H groups in total. The van der Waals surface area contributed by atoms with Gasteiger partial charge in [-0.1, -0.05) is 0 Å². The first kappa shape index (κ1) is 25.1. The topological polar surface area (TPSA) is 187 Å². The van der Waals surface area contributed by atoms with E-state index >= 15 is 0 Å². The van der Waals surface area contributed by atoms with Crippen LogP contribution < -0.4 is 0 Å². The quantitative estimate of drug-likeness (QED) is 0.351. The fraction of sp³-hybridized carbons (Fsp3) is 0.933. The van der Waals surface area contributed by atoms with Crippen molar-refractivity contribution in [2.45, 2.75) is 52.1 Å². The van der Waals surface area contributed by atoms with E-state index in [4.69, 9.17) is 4.84 Å². The molecule has 172 valence electrons. The second-order valence-corrected chi connectivity index (χ2v) is 8.14. The van der Waals surface area contributed by atoms with Gasteiger partial charge >= 0.3 is 5.97 Å². The van der Waals surface area contributed by atoms with Gasteiger partial charge in [-0.3, -0.25) is 4.79 Å². The van der Waals surface area contributed by atoms with Crippen LogP contribution >= 0.6 is 0 Å². The smallest absolute Gasteiger partial charge is 0.322 e. The molecule has 0 aliphatic carbocycles. The van der Waals surface area contributed by atoms with E-state index in [-0.39, 0.29) is 6.42 Å². The molecule has 1 saturated heterocycles. The highest BCUT2D eigenvalue weighted by Crippen LogP contribution is 2.46. The van der Waals surface area contributed by atoms with Gasteiger partial charge in [-0.15, -0.1) is 35.4 Å². The minimum absolute atomic E-state index is 0.137. The number of hydrogen-bond acceptors (Lipinski definition) is 12. The molecule has 0 radical (unpaired) electrons. The molecule has 0 amide bonds. The van der Waals surface area contributed by atoms with E-state index in [0.717, 1.165) is 0 Å². The molecule has 0 aromatic heterocycles. The van der Waals surface area contributed by atoms with Gasteiger partial charge in [-0.2, -0.15) is 0 Å². The number of carbonyl (C=O) groups excluding carboxylic acids is 1. The van der Waals surface area contributed by atoms with Crippen molar-refractivity contribution < 1.29 is 39.4 Å². The molecule has 1 aliphatic rings. The highest BCUT2D eigenvalue weighted by atomic mass is 17.0. The Morgan fingerprint density at radius 3 is 1.87 bits per heavy atom. The summed E-state index contributed by atoms with van der Waals surface area (Å²) in [5.41, 5.74) is -2.06. The molecule has 0 aromatic carbocycles. The Morgan fingerprint density at radius 1 is 0.933 bits per heavy atom. The Balaban J connectivity index is 3.50. The van der Waals surface area contributed by atoms with Gasteiger partial charge in [0.05, 0.1) is 17.7 Å². The zero-order valence-electron chi connectivity index (χ0n) is 17.3. The Hall–Kier alpha value is -2.97. The van der Waals surface area contributed by atoms with E-state index < -0.39 is 69.9 Å². The second kappa shape index (κ2) is 9.69. The predicted octanol–water partition coefficient (Wildman–Crippen LogP) is 1.20. The number of hydroxylamine groups is 2. The van der Waals surface area contributed by atoms with Crippen molar-refractivity contribution in [3.05, 3.63) is 30.3 Å². The minimum atomic E-state index is -1.14. The van der Waals surface area contributed by atoms with Gasteiger partial charge in [0.1, 0.15) is 13.2 Å². The van der Waals surface area contributed by atoms with E-state index in [9.17, 15) is 35.1 Å². The van der Waals surface area contributed by atoms with Gasteiger partial charge in [0.25, 0.3) is 15.3 Å². The van der Waals surface area contributed by atoms with Gasteiger partial charge < -0.3 is 19.4 Å². The first-order valence-electron chi connectivity index (χ1n) is 8.99. The molecular formula is C15H26N4O11. The van der Waals surface area contributed by atoms with E-state index in [1.807, 2.05) is 0 Å². The average Bonchev–Trinajstić information content (AvgIpc) is 2.62. The summed E-state index contributed by atoms with van der Waals surface area (Å²) in [5, 5.41) is 30.7. The molecule has 15 heteroatoms. The second-order valence-electron chi connectivity index (χ2n) is 8.14. The van der Waals surface area contributed by atoms with E-state index in [0.29, 0.717) is 0 Å². The summed E-state index contributed by atoms with van der Waals surface area (Å²) >= 11 is 0. The third-order valence-corrected chi connectivity index (χ3v) is 5.21. The molecule has 3 unspecified atom stereocenters. The van der Waals surface area contributed by atoms with Crippen LogP contribution in [0.1, 0.15) is 41.0 Å². The van der Waals surface area contributed by atoms with Crippen molar-refractivity contribution in [1.29, 1.82) is 0 Å². The molecule has 1 fully saturated rings. The highest BCUT2D eigenvalue weighted by molar-refractivity contribution is 5.65. The average molecular weight is 438 g/mol. The lowest BCUT2D eigenvalue weighted by Crippen LogP contribution is -2.59. The molecule has 3 atom stereocenters. The number of carbonyl (C=O) groups is 1. The Morgan fingerprint density at radius 2 is 1.40 bits per heavy atom. The Kier molecular flexibility index (Phi) is 8.09. The van der Waals surface area contributed by atoms with E-state index in [1.54, 1.807) is 27.7 Å². The van der Waals surface area contributed by atoms with Gasteiger partial charge in [0, 0.05) is 12.8 Å². The molecule has 1 rings (SSSR count). The number of rotatable bonds is 10. The summed E-state index contributed by atoms with van der Waals surface area (Å²) < 4.78 is 0. The first-order chi connectivity index (χ1) is 13.7. The lowest BCUT2D eigenvalue weighted by Gasteiger charge is -2.47. The van der Waals surface area contributed by atoms with Crippen LogP contribution in [0.4, 0.5) is 0 Å². The number of nitrogens with zero attached hydrogens (tertiary/aromatic N) is 4. The maximum Gasteiger partial charge on any atom is 0.322 e. The third-order valence-electron chi connectivity index (χ3n) is 5.21. The Bertz CT molecular complexity index is 669. The summed E-state index contributed by atoms with van der Waals surface area (Å²) in [6, 6.07) is 0. The molecular weight excluding hydrogens is 412 g/mol. The SMILES string of the molecule is CC(=O)ON1C(C)(C)CC(CO[N+](=O)[O-])C(CO[N+](=O)[O-])C(CO[N+](=O)[O-])C1(C)C. The molecule has 30 heavy (non-hydrogen) atoms. The maximum atomic E-state index is 11.7. The van der Waals surface area contributed by atoms with Crippen molar-refractivity contribution in [2.24, 2.45) is 17.8 Å². The monoisotopic (exact) mass is 438 g/mol. The maximum absolute atomic E-state index is 11.7. The summed E-state index contributed by atoms with van der Waals surface area (Å²) in [7, 11) is 0. The highest BCUT2D eigenvalue weighted by Gasteiger charge is 2.54. The lowest BCUT2D eigenvalue weighted by atomic mass is 9.73. The van der Waals surface area contributed by atoms with Crippen molar-refractivity contribution >= 4 is 5.97 Å². The van der Waals surface area contributed by atoms with E-state index in [2.05, 4.69) is 14.5 Å². The van der Waals surface area contributed by atoms with Crippen LogP contribution in [0.3, 0.4) is 0 Å². The fourth-order valence-electron chi connectivity index (χ4n) is 4.24. The third kappa shape index (κ3) is 6.53. The van der Waals surface area contributed by atoms with Crippen LogP contribution in [0.25, 0.3) is 0 Å². The van der Waals surface area contributed by atoms with Crippen LogP contribution in [-0.4, -0.2) is 57.2 Å². The fourth-order valence-corrected chi connectivity index (χ4v) is 4.24. The van der Waals surface area contributed by atoms with Crippen molar-refractivity contribution in [3.63, 3.8) is 0 Å². The molecule has 15 nitrogen and oxygen atoms in total. The first-order valence-corrected chi connectivity index (χ1v) is 8.99. The summed E-state index contributed by atoms with van der Waals surface area (Å²) in [6.45, 7) is 6.37. The standard InChI is InChI=1S/C15H26N4O11/c1-10(20)30-16-14(2,3)6-11(7-27-17(21)22)12(8-28-18(23)24)13(15(16,4)5)9-29-19(25)26/h11-13H,6-9H2,1-5H3. The molecule has 0 saturated carbocycles. The Labute approximate surface area is 171 Å². The van der Waals surface area contributed by atoms with Crippen molar-refractivity contribution in [2.75, 3.05) is 19.8 Å². The normalized spacial score (nSPS) is 25.4. The summed E-state index contributed by atoms with van der Waals surface area (Å²) in [6.07, 6.45) is 0.137. The summed E-state index contributed by atoms with van der Waals surface area (Å²) in [4.78, 5) is 63.1. The van der Waals surface area contributed by atoms with Crippen LogP contribution in [0.15, 0.2) is 0 Å². The molecule has 0 aromatic rings. The van der Waals surface area contributed by atoms with Crippen LogP contribution in [0, 0.1) is 48.1 Å². The largest absolute Gasteiger partial charge is 0.367 e. The lowest BCUT2D eigenvalue weighted by molar-refractivity contribution is -0.766. The number of hydrogen-bond donors (Lipinski definition) is 0. The minimum Gasteiger partial charge on any atom is -0.367 e. The van der Waals surface area contributed by atoms with Crippen LogP contribution in [0.2, 0.25) is 0 Å². The van der Waals surface area contributed by atoms with Gasteiger partial charge in [-0.25, -0.2) is 0 Å². The molecule has 1 aliphatic heterocycles. The van der Waals surface area contributed by atoms with Crippen molar-refractivity contribution in [1.82, 2.24) is 5.06 Å². The van der Waals surface area contributed by atoms with Crippen LogP contribution in [-0.2, 0) is 24.1 Å². The zero-order chi connectivity index (χ0) is 23.3. The molecule has 1 heterocycles. The van der Waals surface area contributed by atoms with Gasteiger partial charge in [-0.05, 0) is 46.0 Å². The molecule has 0 spiro atoms. The van der Waals surface area contributed by atoms with E-state index in [1.165, 1.54) is 12.0 Å². The zero-order valence-corrected chi connectivity index (χ0v) is 17.3. The van der Waals surface area contributed by atoms with Crippen LogP contribution in [0.5, 0.6) is 0 Å². The molecule has 0 bridgehead atoms. The van der Waals surface area contributed by atoms with Gasteiger partial charge in [0.15, 0.2) is 0 Å². The summed E-state index contributed by atoms with van der Waals surface area (Å²) in [5.74, 6) is -3.08. The van der Waals surface area contributed by atoms with Crippen molar-refractivity contribution in [3.8, 4) is 0 Å².